The van der Waals surface area contributed by atoms with Gasteiger partial charge in [-0.25, -0.2) is 4.39 Å². The van der Waals surface area contributed by atoms with Crippen molar-refractivity contribution in [3.05, 3.63) is 34.6 Å². The van der Waals surface area contributed by atoms with Gasteiger partial charge in [0.05, 0.1) is 0 Å². The molecule has 1 aliphatic rings. The normalized spacial score (nSPS) is 16.6. The van der Waals surface area contributed by atoms with Gasteiger partial charge in [-0.15, -0.1) is 0 Å². The average Bonchev–Trinajstić information content (AvgIpc) is 2.38. The second kappa shape index (κ2) is 6.16. The minimum atomic E-state index is -0.367. The van der Waals surface area contributed by atoms with Gasteiger partial charge in [0.2, 0.25) is 5.91 Å². The Balaban J connectivity index is 1.88. The SMILES string of the molecule is O=C(NCc1ccc(F)cc1Cl)C1CCNCC1. The third-order valence-electron chi connectivity index (χ3n) is 3.18. The fraction of sp³-hybridized carbons (Fsp3) is 0.462. The van der Waals surface area contributed by atoms with Crippen molar-refractivity contribution in [1.82, 2.24) is 10.6 Å². The topological polar surface area (TPSA) is 41.1 Å². The van der Waals surface area contributed by atoms with Gasteiger partial charge in [-0.1, -0.05) is 17.7 Å². The van der Waals surface area contributed by atoms with Gasteiger partial charge in [0, 0.05) is 17.5 Å². The van der Waals surface area contributed by atoms with Crippen LogP contribution in [-0.2, 0) is 11.3 Å². The first-order chi connectivity index (χ1) is 8.66. The van der Waals surface area contributed by atoms with E-state index >= 15 is 0 Å². The zero-order chi connectivity index (χ0) is 13.0. The molecule has 1 fully saturated rings. The Bertz CT molecular complexity index is 433. The van der Waals surface area contributed by atoms with E-state index in [2.05, 4.69) is 10.6 Å². The summed E-state index contributed by atoms with van der Waals surface area (Å²) in [4.78, 5) is 11.9. The zero-order valence-corrected chi connectivity index (χ0v) is 10.8. The molecule has 0 atom stereocenters. The highest BCUT2D eigenvalue weighted by Crippen LogP contribution is 2.17. The number of carbonyl (C=O) groups is 1. The lowest BCUT2D eigenvalue weighted by Gasteiger charge is -2.21. The van der Waals surface area contributed by atoms with Crippen LogP contribution < -0.4 is 10.6 Å². The van der Waals surface area contributed by atoms with Gasteiger partial charge in [0.15, 0.2) is 0 Å². The van der Waals surface area contributed by atoms with E-state index < -0.39 is 0 Å². The number of halogens is 2. The van der Waals surface area contributed by atoms with Crippen LogP contribution in [0.3, 0.4) is 0 Å². The van der Waals surface area contributed by atoms with E-state index in [0.717, 1.165) is 31.5 Å². The van der Waals surface area contributed by atoms with E-state index in [1.54, 1.807) is 6.07 Å². The number of piperidine rings is 1. The van der Waals surface area contributed by atoms with Crippen molar-refractivity contribution in [2.75, 3.05) is 13.1 Å². The number of carbonyl (C=O) groups excluding carboxylic acids is 1. The number of hydrogen-bond donors (Lipinski definition) is 2. The van der Waals surface area contributed by atoms with Crippen LogP contribution in [-0.4, -0.2) is 19.0 Å². The Morgan fingerprint density at radius 3 is 2.83 bits per heavy atom. The van der Waals surface area contributed by atoms with Gasteiger partial charge in [0.1, 0.15) is 5.82 Å². The molecule has 0 radical (unpaired) electrons. The molecule has 1 heterocycles. The van der Waals surface area contributed by atoms with Crippen LogP contribution in [0.25, 0.3) is 0 Å². The number of nitrogens with one attached hydrogen (secondary N) is 2. The molecule has 0 unspecified atom stereocenters. The quantitative estimate of drug-likeness (QED) is 0.883. The average molecular weight is 271 g/mol. The van der Waals surface area contributed by atoms with Crippen LogP contribution >= 0.6 is 11.6 Å². The molecule has 98 valence electrons. The second-order valence-corrected chi connectivity index (χ2v) is 4.89. The predicted octanol–water partition coefficient (Wildman–Crippen LogP) is 2.09. The van der Waals surface area contributed by atoms with Gasteiger partial charge in [0.25, 0.3) is 0 Å². The molecule has 5 heteroatoms. The number of amides is 1. The molecule has 1 saturated heterocycles. The van der Waals surface area contributed by atoms with Crippen LogP contribution in [0.2, 0.25) is 5.02 Å². The van der Waals surface area contributed by atoms with Gasteiger partial charge < -0.3 is 10.6 Å². The smallest absolute Gasteiger partial charge is 0.223 e. The van der Waals surface area contributed by atoms with Crippen molar-refractivity contribution in [1.29, 1.82) is 0 Å². The van der Waals surface area contributed by atoms with Crippen molar-refractivity contribution in [2.45, 2.75) is 19.4 Å². The van der Waals surface area contributed by atoms with E-state index in [-0.39, 0.29) is 17.6 Å². The molecule has 0 bridgehead atoms. The maximum absolute atomic E-state index is 12.9. The van der Waals surface area contributed by atoms with Gasteiger partial charge in [-0.05, 0) is 43.6 Å². The first-order valence-electron chi connectivity index (χ1n) is 6.09. The maximum Gasteiger partial charge on any atom is 0.223 e. The third-order valence-corrected chi connectivity index (χ3v) is 3.53. The molecule has 0 aromatic heterocycles. The summed E-state index contributed by atoms with van der Waals surface area (Å²) in [6.07, 6.45) is 1.73. The summed E-state index contributed by atoms with van der Waals surface area (Å²) in [5, 5.41) is 6.42. The van der Waals surface area contributed by atoms with Crippen molar-refractivity contribution in [3.8, 4) is 0 Å². The molecule has 1 aromatic rings. The molecule has 3 nitrogen and oxygen atoms in total. The molecule has 1 aliphatic heterocycles. The first kappa shape index (κ1) is 13.3. The highest BCUT2D eigenvalue weighted by Gasteiger charge is 2.20. The fourth-order valence-corrected chi connectivity index (χ4v) is 2.31. The molecule has 18 heavy (non-hydrogen) atoms. The summed E-state index contributed by atoms with van der Waals surface area (Å²) < 4.78 is 12.9. The van der Waals surface area contributed by atoms with Crippen LogP contribution in [0.4, 0.5) is 4.39 Å². The highest BCUT2D eigenvalue weighted by molar-refractivity contribution is 6.31. The van der Waals surface area contributed by atoms with Crippen molar-refractivity contribution < 1.29 is 9.18 Å². The molecule has 2 rings (SSSR count). The van der Waals surface area contributed by atoms with Gasteiger partial charge >= 0.3 is 0 Å². The van der Waals surface area contributed by atoms with E-state index in [1.165, 1.54) is 12.1 Å². The Kier molecular flexibility index (Phi) is 4.55. The molecule has 0 spiro atoms. The summed E-state index contributed by atoms with van der Waals surface area (Å²) in [6, 6.07) is 4.20. The second-order valence-electron chi connectivity index (χ2n) is 4.48. The summed E-state index contributed by atoms with van der Waals surface area (Å²) >= 11 is 5.90. The number of hydrogen-bond acceptors (Lipinski definition) is 2. The predicted molar refractivity (Wildman–Crippen MR) is 68.9 cm³/mol. The Morgan fingerprint density at radius 1 is 1.44 bits per heavy atom. The maximum atomic E-state index is 12.9. The number of benzene rings is 1. The van der Waals surface area contributed by atoms with E-state index in [0.29, 0.717) is 11.6 Å². The van der Waals surface area contributed by atoms with Crippen LogP contribution in [0.1, 0.15) is 18.4 Å². The van der Waals surface area contributed by atoms with Crippen molar-refractivity contribution in [3.63, 3.8) is 0 Å². The van der Waals surface area contributed by atoms with E-state index in [9.17, 15) is 9.18 Å². The Morgan fingerprint density at radius 2 is 2.17 bits per heavy atom. The lowest BCUT2D eigenvalue weighted by molar-refractivity contribution is -0.125. The lowest BCUT2D eigenvalue weighted by atomic mass is 9.97. The standard InChI is InChI=1S/C13H16ClFN2O/c14-12-7-11(15)2-1-10(12)8-17-13(18)9-3-5-16-6-4-9/h1-2,7,9,16H,3-6,8H2,(H,17,18). The molecule has 1 aromatic carbocycles. The van der Waals surface area contributed by atoms with Crippen molar-refractivity contribution >= 4 is 17.5 Å². The van der Waals surface area contributed by atoms with E-state index in [4.69, 9.17) is 11.6 Å². The Hall–Kier alpha value is -1.13. The summed E-state index contributed by atoms with van der Waals surface area (Å²) in [5.41, 5.74) is 0.736. The largest absolute Gasteiger partial charge is 0.352 e. The first-order valence-corrected chi connectivity index (χ1v) is 6.47. The summed E-state index contributed by atoms with van der Waals surface area (Å²) in [6.45, 7) is 2.12. The fourth-order valence-electron chi connectivity index (χ4n) is 2.08. The van der Waals surface area contributed by atoms with Crippen LogP contribution in [0.15, 0.2) is 18.2 Å². The Labute approximate surface area is 111 Å². The lowest BCUT2D eigenvalue weighted by Crippen LogP contribution is -2.37. The van der Waals surface area contributed by atoms with Gasteiger partial charge in [-0.2, -0.15) is 0 Å². The van der Waals surface area contributed by atoms with E-state index in [1.807, 2.05) is 0 Å². The van der Waals surface area contributed by atoms with Crippen molar-refractivity contribution in [2.24, 2.45) is 5.92 Å². The minimum Gasteiger partial charge on any atom is -0.352 e. The molecule has 1 amide bonds. The third kappa shape index (κ3) is 3.43. The molecular weight excluding hydrogens is 255 g/mol. The molecule has 0 aliphatic carbocycles. The van der Waals surface area contributed by atoms with Crippen LogP contribution in [0, 0.1) is 11.7 Å². The summed E-state index contributed by atoms with van der Waals surface area (Å²) in [7, 11) is 0. The van der Waals surface area contributed by atoms with Crippen LogP contribution in [0.5, 0.6) is 0 Å². The monoisotopic (exact) mass is 270 g/mol. The zero-order valence-electron chi connectivity index (χ0n) is 10.0. The molecular formula is C13H16ClFN2O. The molecule has 2 N–H and O–H groups in total. The summed E-state index contributed by atoms with van der Waals surface area (Å²) in [5.74, 6) is -0.240. The minimum absolute atomic E-state index is 0.0527. The highest BCUT2D eigenvalue weighted by atomic mass is 35.5. The molecule has 0 saturated carbocycles. The number of rotatable bonds is 3. The van der Waals surface area contributed by atoms with Gasteiger partial charge in [-0.3, -0.25) is 4.79 Å².